The predicted octanol–water partition coefficient (Wildman–Crippen LogP) is 3.07. The molecule has 1 aliphatic carbocycles. The van der Waals surface area contributed by atoms with Crippen LogP contribution in [0.15, 0.2) is 48.9 Å². The number of hydrogen-bond acceptors (Lipinski definition) is 6. The summed E-state index contributed by atoms with van der Waals surface area (Å²) in [7, 11) is 0. The number of anilines is 1. The highest BCUT2D eigenvalue weighted by Gasteiger charge is 2.42. The summed E-state index contributed by atoms with van der Waals surface area (Å²) < 4.78 is 7.70. The number of fused-ring (bicyclic) bond motifs is 4. The zero-order valence-corrected chi connectivity index (χ0v) is 16.5. The summed E-state index contributed by atoms with van der Waals surface area (Å²) in [6, 6.07) is 13.0. The van der Waals surface area contributed by atoms with Crippen LogP contribution in [0.3, 0.4) is 0 Å². The lowest BCUT2D eigenvalue weighted by Crippen LogP contribution is -2.37. The first-order chi connectivity index (χ1) is 15.1. The number of benzene rings is 2. The molecule has 0 spiro atoms. The Morgan fingerprint density at radius 2 is 2.10 bits per heavy atom. The summed E-state index contributed by atoms with van der Waals surface area (Å²) in [5, 5.41) is 9.15. The van der Waals surface area contributed by atoms with Gasteiger partial charge in [0, 0.05) is 17.2 Å². The van der Waals surface area contributed by atoms with Gasteiger partial charge < -0.3 is 15.4 Å². The van der Waals surface area contributed by atoms with E-state index < -0.39 is 0 Å². The van der Waals surface area contributed by atoms with Crippen molar-refractivity contribution in [1.82, 2.24) is 19.3 Å². The molecule has 1 fully saturated rings. The first kappa shape index (κ1) is 17.7. The van der Waals surface area contributed by atoms with Gasteiger partial charge in [0.2, 0.25) is 0 Å². The minimum atomic E-state index is -0.170. The van der Waals surface area contributed by atoms with Crippen molar-refractivity contribution in [3.63, 3.8) is 0 Å². The van der Waals surface area contributed by atoms with Crippen LogP contribution >= 0.6 is 0 Å². The second-order valence-electron chi connectivity index (χ2n) is 7.98. The van der Waals surface area contributed by atoms with Crippen molar-refractivity contribution in [2.45, 2.75) is 24.9 Å². The van der Waals surface area contributed by atoms with E-state index in [-0.39, 0.29) is 18.0 Å². The molecule has 31 heavy (non-hydrogen) atoms. The fourth-order valence-corrected chi connectivity index (χ4v) is 4.36. The molecule has 0 saturated heterocycles. The molecule has 4 aromatic rings. The lowest BCUT2D eigenvalue weighted by molar-refractivity contribution is 0.0630. The lowest BCUT2D eigenvalue weighted by atomic mass is 10.0. The number of amides is 1. The normalized spacial score (nSPS) is 17.3. The van der Waals surface area contributed by atoms with Crippen molar-refractivity contribution in [2.24, 2.45) is 0 Å². The molecule has 8 nitrogen and oxygen atoms in total. The fourth-order valence-electron chi connectivity index (χ4n) is 4.36. The molecule has 2 N–H and O–H groups in total. The molecule has 0 radical (unpaired) electrons. The van der Waals surface area contributed by atoms with Gasteiger partial charge in [-0.2, -0.15) is 5.26 Å². The number of aromatic nitrogens is 3. The van der Waals surface area contributed by atoms with E-state index in [4.69, 9.17) is 15.7 Å². The molecule has 1 saturated carbocycles. The number of nitrogens with zero attached hydrogens (tertiary/aromatic N) is 5. The Morgan fingerprint density at radius 3 is 2.90 bits per heavy atom. The van der Waals surface area contributed by atoms with Gasteiger partial charge in [0.15, 0.2) is 0 Å². The van der Waals surface area contributed by atoms with E-state index in [1.807, 2.05) is 27.5 Å². The van der Waals surface area contributed by atoms with E-state index in [0.29, 0.717) is 40.3 Å². The summed E-state index contributed by atoms with van der Waals surface area (Å²) in [6.45, 7) is 0.393. The highest BCUT2D eigenvalue weighted by Crippen LogP contribution is 2.42. The molecule has 8 heteroatoms. The number of nitrogen functional groups attached to an aromatic ring is 1. The Kier molecular flexibility index (Phi) is 3.68. The van der Waals surface area contributed by atoms with E-state index in [2.05, 4.69) is 16.0 Å². The number of nitriles is 1. The molecule has 2 aromatic heterocycles. The number of carbonyl (C=O) groups is 1. The average Bonchev–Trinajstić information content (AvgIpc) is 3.33. The second kappa shape index (κ2) is 6.44. The molecule has 6 rings (SSSR count). The molecule has 0 unspecified atom stereocenters. The minimum absolute atomic E-state index is 0.0414. The molecule has 2 aliphatic rings. The molecule has 3 heterocycles. The highest BCUT2D eigenvalue weighted by molar-refractivity contribution is 5.98. The Morgan fingerprint density at radius 1 is 1.23 bits per heavy atom. The van der Waals surface area contributed by atoms with Crippen LogP contribution < -0.4 is 10.5 Å². The predicted molar refractivity (Wildman–Crippen MR) is 113 cm³/mol. The Balaban J connectivity index is 1.42. The Hall–Kier alpha value is -4.12. The van der Waals surface area contributed by atoms with Crippen LogP contribution in [0.1, 0.15) is 40.4 Å². The van der Waals surface area contributed by atoms with Crippen LogP contribution in [0.5, 0.6) is 5.75 Å². The van der Waals surface area contributed by atoms with Crippen molar-refractivity contribution in [1.29, 1.82) is 5.26 Å². The highest BCUT2D eigenvalue weighted by atomic mass is 16.5. The van der Waals surface area contributed by atoms with Gasteiger partial charge in [-0.1, -0.05) is 6.07 Å². The standard InChI is InChI=1S/C23H18N6O2/c24-9-13-1-5-16-20(11-31-21(16)7-13)29(15-3-4-15)23(30)14-2-6-17-18(8-14)28-12-26-10-19(28)22(25)27-17/h1-2,5-8,10,12,15,20H,3-4,11H2,(H2,25,27)/t20-/m1/s1. The van der Waals surface area contributed by atoms with Crippen molar-refractivity contribution in [2.75, 3.05) is 12.3 Å². The van der Waals surface area contributed by atoms with Crippen LogP contribution in [0.4, 0.5) is 5.82 Å². The number of rotatable bonds is 3. The largest absolute Gasteiger partial charge is 0.491 e. The molecule has 0 bridgehead atoms. The van der Waals surface area contributed by atoms with Gasteiger partial charge in [0.05, 0.1) is 41.2 Å². The third kappa shape index (κ3) is 2.70. The third-order valence-corrected chi connectivity index (χ3v) is 6.03. The third-order valence-electron chi connectivity index (χ3n) is 6.03. The summed E-state index contributed by atoms with van der Waals surface area (Å²) in [5.74, 6) is 1.04. The Bertz CT molecular complexity index is 1420. The SMILES string of the molecule is N#Cc1ccc2c(c1)OC[C@H]2N(C(=O)c1ccc2nc(N)c3cncn3c2c1)C1CC1. The molecule has 2 aromatic carbocycles. The number of imidazole rings is 1. The van der Waals surface area contributed by atoms with Gasteiger partial charge in [-0.05, 0) is 43.2 Å². The van der Waals surface area contributed by atoms with Gasteiger partial charge in [-0.3, -0.25) is 9.20 Å². The van der Waals surface area contributed by atoms with Crippen LogP contribution in [-0.4, -0.2) is 37.8 Å². The quantitative estimate of drug-likeness (QED) is 0.556. The van der Waals surface area contributed by atoms with Crippen molar-refractivity contribution >= 4 is 28.3 Å². The Labute approximate surface area is 177 Å². The van der Waals surface area contributed by atoms with Gasteiger partial charge in [-0.25, -0.2) is 9.97 Å². The van der Waals surface area contributed by atoms with Crippen LogP contribution in [-0.2, 0) is 0 Å². The first-order valence-corrected chi connectivity index (χ1v) is 10.1. The van der Waals surface area contributed by atoms with Crippen molar-refractivity contribution in [3.05, 3.63) is 65.6 Å². The van der Waals surface area contributed by atoms with Gasteiger partial charge in [0.1, 0.15) is 23.7 Å². The average molecular weight is 410 g/mol. The van der Waals surface area contributed by atoms with Crippen molar-refractivity contribution < 1.29 is 9.53 Å². The molecular weight excluding hydrogens is 392 g/mol. The van der Waals surface area contributed by atoms with E-state index in [0.717, 1.165) is 23.9 Å². The maximum Gasteiger partial charge on any atom is 0.254 e. The van der Waals surface area contributed by atoms with E-state index in [9.17, 15) is 4.79 Å². The summed E-state index contributed by atoms with van der Waals surface area (Å²) in [6.07, 6.45) is 5.29. The molecule has 152 valence electrons. The summed E-state index contributed by atoms with van der Waals surface area (Å²) in [5.41, 5.74) is 10.3. The van der Waals surface area contributed by atoms with E-state index in [1.54, 1.807) is 30.7 Å². The summed E-state index contributed by atoms with van der Waals surface area (Å²) in [4.78, 5) is 24.2. The van der Waals surface area contributed by atoms with Crippen LogP contribution in [0, 0.1) is 11.3 Å². The minimum Gasteiger partial charge on any atom is -0.491 e. The molecule has 1 atom stereocenters. The fraction of sp³-hybridized carbons (Fsp3) is 0.217. The summed E-state index contributed by atoms with van der Waals surface area (Å²) >= 11 is 0. The molecular formula is C23H18N6O2. The smallest absolute Gasteiger partial charge is 0.254 e. The first-order valence-electron chi connectivity index (χ1n) is 10.1. The zero-order chi connectivity index (χ0) is 21.1. The van der Waals surface area contributed by atoms with Crippen LogP contribution in [0.2, 0.25) is 0 Å². The lowest BCUT2D eigenvalue weighted by Gasteiger charge is -2.28. The number of nitrogens with two attached hydrogens (primary N) is 1. The molecule has 1 aliphatic heterocycles. The van der Waals surface area contributed by atoms with Gasteiger partial charge >= 0.3 is 0 Å². The van der Waals surface area contributed by atoms with E-state index in [1.165, 1.54) is 0 Å². The topological polar surface area (TPSA) is 110 Å². The number of carbonyl (C=O) groups excluding carboxylic acids is 1. The van der Waals surface area contributed by atoms with Gasteiger partial charge in [0.25, 0.3) is 5.91 Å². The van der Waals surface area contributed by atoms with E-state index >= 15 is 0 Å². The molecule has 1 amide bonds. The monoisotopic (exact) mass is 410 g/mol. The van der Waals surface area contributed by atoms with Crippen molar-refractivity contribution in [3.8, 4) is 11.8 Å². The zero-order valence-electron chi connectivity index (χ0n) is 16.5. The van der Waals surface area contributed by atoms with Gasteiger partial charge in [-0.15, -0.1) is 0 Å². The second-order valence-corrected chi connectivity index (χ2v) is 7.98. The number of ether oxygens (including phenoxy) is 1. The van der Waals surface area contributed by atoms with Crippen LogP contribution in [0.25, 0.3) is 16.6 Å². The number of hydrogen-bond donors (Lipinski definition) is 1. The maximum absolute atomic E-state index is 13.7. The maximum atomic E-state index is 13.7.